The van der Waals surface area contributed by atoms with Crippen molar-refractivity contribution >= 4 is 28.1 Å². The molecule has 1 amide bonds. The van der Waals surface area contributed by atoms with Gasteiger partial charge in [0, 0.05) is 50.2 Å². The first-order valence-corrected chi connectivity index (χ1v) is 8.87. The molecule has 1 aromatic heterocycles. The second kappa shape index (κ2) is 7.72. The standard InChI is InChI=1S/C17H21FN4OS/c1-13-12-19-17(24-13)22-10-8-21(9-11-22)7-6-16(23)20-15-5-3-2-4-14(15)18/h2-5,12H,6-11H2,1H3,(H,20,23). The Kier molecular flexibility index (Phi) is 5.42. The van der Waals surface area contributed by atoms with Crippen LogP contribution in [0.2, 0.25) is 0 Å². The minimum atomic E-state index is -0.404. The topological polar surface area (TPSA) is 48.5 Å². The third-order valence-electron chi connectivity index (χ3n) is 4.05. The number of carbonyl (C=O) groups is 1. The predicted octanol–water partition coefficient (Wildman–Crippen LogP) is 2.74. The zero-order chi connectivity index (χ0) is 16.9. The molecule has 2 heterocycles. The first kappa shape index (κ1) is 16.9. The molecule has 1 N–H and O–H groups in total. The van der Waals surface area contributed by atoms with Crippen LogP contribution in [0.4, 0.5) is 15.2 Å². The van der Waals surface area contributed by atoms with Gasteiger partial charge in [-0.1, -0.05) is 12.1 Å². The number of hydrogen-bond donors (Lipinski definition) is 1. The van der Waals surface area contributed by atoms with Gasteiger partial charge in [0.2, 0.25) is 5.91 Å². The van der Waals surface area contributed by atoms with Gasteiger partial charge in [0.05, 0.1) is 5.69 Å². The molecule has 2 aromatic rings. The second-order valence-corrected chi connectivity index (χ2v) is 7.07. The van der Waals surface area contributed by atoms with Crippen molar-refractivity contribution in [2.75, 3.05) is 42.9 Å². The van der Waals surface area contributed by atoms with Gasteiger partial charge in [-0.2, -0.15) is 0 Å². The summed E-state index contributed by atoms with van der Waals surface area (Å²) in [4.78, 5) is 22.2. The maximum Gasteiger partial charge on any atom is 0.225 e. The fourth-order valence-electron chi connectivity index (χ4n) is 2.69. The fourth-order valence-corrected chi connectivity index (χ4v) is 3.50. The van der Waals surface area contributed by atoms with Crippen LogP contribution in [-0.4, -0.2) is 48.5 Å². The molecule has 5 nitrogen and oxygen atoms in total. The van der Waals surface area contributed by atoms with E-state index in [4.69, 9.17) is 0 Å². The van der Waals surface area contributed by atoms with E-state index in [0.717, 1.165) is 31.3 Å². The van der Waals surface area contributed by atoms with Gasteiger partial charge >= 0.3 is 0 Å². The van der Waals surface area contributed by atoms with E-state index < -0.39 is 5.82 Å². The molecule has 3 rings (SSSR count). The Hall–Kier alpha value is -1.99. The molecular formula is C17H21FN4OS. The number of anilines is 2. The number of hydrogen-bond acceptors (Lipinski definition) is 5. The summed E-state index contributed by atoms with van der Waals surface area (Å²) in [6.45, 7) is 6.40. The summed E-state index contributed by atoms with van der Waals surface area (Å²) in [5.74, 6) is -0.559. The summed E-state index contributed by atoms with van der Waals surface area (Å²) in [6.07, 6.45) is 2.27. The van der Waals surface area contributed by atoms with Gasteiger partial charge < -0.3 is 10.2 Å². The lowest BCUT2D eigenvalue weighted by molar-refractivity contribution is -0.116. The van der Waals surface area contributed by atoms with Crippen molar-refractivity contribution in [2.45, 2.75) is 13.3 Å². The molecule has 0 aliphatic carbocycles. The smallest absolute Gasteiger partial charge is 0.225 e. The van der Waals surface area contributed by atoms with E-state index in [1.807, 2.05) is 6.20 Å². The number of carbonyl (C=O) groups excluding carboxylic acids is 1. The Labute approximate surface area is 145 Å². The molecule has 1 aromatic carbocycles. The summed E-state index contributed by atoms with van der Waals surface area (Å²) in [5.41, 5.74) is 0.242. The van der Waals surface area contributed by atoms with Crippen molar-refractivity contribution in [3.63, 3.8) is 0 Å². The molecule has 128 valence electrons. The molecule has 1 aliphatic heterocycles. The number of benzene rings is 1. The number of nitrogens with one attached hydrogen (secondary N) is 1. The Balaban J connectivity index is 1.42. The number of halogens is 1. The van der Waals surface area contributed by atoms with E-state index in [-0.39, 0.29) is 11.6 Å². The van der Waals surface area contributed by atoms with Crippen molar-refractivity contribution in [3.8, 4) is 0 Å². The van der Waals surface area contributed by atoms with E-state index in [1.54, 1.807) is 29.5 Å². The lowest BCUT2D eigenvalue weighted by atomic mass is 10.2. The first-order chi connectivity index (χ1) is 11.6. The van der Waals surface area contributed by atoms with E-state index in [1.165, 1.54) is 10.9 Å². The Bertz CT molecular complexity index is 697. The minimum Gasteiger partial charge on any atom is -0.346 e. The highest BCUT2D eigenvalue weighted by Crippen LogP contribution is 2.22. The highest BCUT2D eigenvalue weighted by atomic mass is 32.1. The maximum atomic E-state index is 13.5. The molecule has 1 saturated heterocycles. The van der Waals surface area contributed by atoms with Crippen molar-refractivity contribution < 1.29 is 9.18 Å². The van der Waals surface area contributed by atoms with E-state index in [9.17, 15) is 9.18 Å². The number of thiazole rings is 1. The molecule has 24 heavy (non-hydrogen) atoms. The lowest BCUT2D eigenvalue weighted by Crippen LogP contribution is -2.47. The average Bonchev–Trinajstić information content (AvgIpc) is 3.02. The molecule has 0 bridgehead atoms. The van der Waals surface area contributed by atoms with Crippen LogP contribution in [0.25, 0.3) is 0 Å². The fraction of sp³-hybridized carbons (Fsp3) is 0.412. The van der Waals surface area contributed by atoms with Crippen molar-refractivity contribution in [1.29, 1.82) is 0 Å². The van der Waals surface area contributed by atoms with Gasteiger partial charge in [0.1, 0.15) is 5.82 Å². The average molecular weight is 348 g/mol. The van der Waals surface area contributed by atoms with Crippen LogP contribution < -0.4 is 10.2 Å². The number of nitrogens with zero attached hydrogens (tertiary/aromatic N) is 3. The van der Waals surface area contributed by atoms with Crippen LogP contribution in [-0.2, 0) is 4.79 Å². The Morgan fingerprint density at radius 3 is 2.71 bits per heavy atom. The summed E-state index contributed by atoms with van der Waals surface area (Å²) in [6, 6.07) is 6.23. The number of amides is 1. The summed E-state index contributed by atoms with van der Waals surface area (Å²) in [5, 5.41) is 3.70. The zero-order valence-electron chi connectivity index (χ0n) is 13.7. The van der Waals surface area contributed by atoms with E-state index in [0.29, 0.717) is 13.0 Å². The molecule has 1 aliphatic rings. The van der Waals surface area contributed by atoms with E-state index in [2.05, 4.69) is 27.0 Å². The van der Waals surface area contributed by atoms with Gasteiger partial charge in [0.25, 0.3) is 0 Å². The highest BCUT2D eigenvalue weighted by Gasteiger charge is 2.19. The zero-order valence-corrected chi connectivity index (χ0v) is 14.5. The van der Waals surface area contributed by atoms with Crippen molar-refractivity contribution in [2.24, 2.45) is 0 Å². The van der Waals surface area contributed by atoms with Crippen LogP contribution in [0.3, 0.4) is 0 Å². The molecule has 0 atom stereocenters. The molecule has 7 heteroatoms. The number of rotatable bonds is 5. The largest absolute Gasteiger partial charge is 0.346 e. The molecule has 1 fully saturated rings. The van der Waals surface area contributed by atoms with Crippen LogP contribution >= 0.6 is 11.3 Å². The monoisotopic (exact) mass is 348 g/mol. The van der Waals surface area contributed by atoms with Crippen LogP contribution in [0.5, 0.6) is 0 Å². The second-order valence-electron chi connectivity index (χ2n) is 5.86. The van der Waals surface area contributed by atoms with Gasteiger partial charge in [-0.05, 0) is 19.1 Å². The maximum absolute atomic E-state index is 13.5. The SMILES string of the molecule is Cc1cnc(N2CCN(CCC(=O)Nc3ccccc3F)CC2)s1. The van der Waals surface area contributed by atoms with Gasteiger partial charge in [-0.3, -0.25) is 9.69 Å². The molecule has 0 spiro atoms. The number of para-hydroxylation sites is 1. The van der Waals surface area contributed by atoms with Gasteiger partial charge in [-0.15, -0.1) is 11.3 Å². The highest BCUT2D eigenvalue weighted by molar-refractivity contribution is 7.15. The summed E-state index contributed by atoms with van der Waals surface area (Å²) < 4.78 is 13.5. The summed E-state index contributed by atoms with van der Waals surface area (Å²) in [7, 11) is 0. The third-order valence-corrected chi connectivity index (χ3v) is 5.03. The Morgan fingerprint density at radius 2 is 2.04 bits per heavy atom. The van der Waals surface area contributed by atoms with Crippen molar-refractivity contribution in [3.05, 3.63) is 41.2 Å². The van der Waals surface area contributed by atoms with E-state index >= 15 is 0 Å². The predicted molar refractivity (Wildman–Crippen MR) is 95.2 cm³/mol. The van der Waals surface area contributed by atoms with Crippen LogP contribution in [0.1, 0.15) is 11.3 Å². The third kappa shape index (κ3) is 4.30. The number of piperazine rings is 1. The number of aromatic nitrogens is 1. The van der Waals surface area contributed by atoms with Gasteiger partial charge in [0.15, 0.2) is 5.13 Å². The Morgan fingerprint density at radius 1 is 1.29 bits per heavy atom. The van der Waals surface area contributed by atoms with Crippen LogP contribution in [0.15, 0.2) is 30.5 Å². The number of aryl methyl sites for hydroxylation is 1. The molecule has 0 radical (unpaired) electrons. The quantitative estimate of drug-likeness (QED) is 0.903. The van der Waals surface area contributed by atoms with Crippen molar-refractivity contribution in [1.82, 2.24) is 9.88 Å². The summed E-state index contributed by atoms with van der Waals surface area (Å²) >= 11 is 1.71. The first-order valence-electron chi connectivity index (χ1n) is 8.06. The normalized spacial score (nSPS) is 15.5. The molecule has 0 saturated carbocycles. The minimum absolute atomic E-state index is 0.155. The molecule has 0 unspecified atom stereocenters. The molecular weight excluding hydrogens is 327 g/mol. The lowest BCUT2D eigenvalue weighted by Gasteiger charge is -2.34. The van der Waals surface area contributed by atoms with Crippen LogP contribution in [0, 0.1) is 12.7 Å². The van der Waals surface area contributed by atoms with Gasteiger partial charge in [-0.25, -0.2) is 9.37 Å².